The van der Waals surface area contributed by atoms with Gasteiger partial charge in [0.1, 0.15) is 0 Å². The van der Waals surface area contributed by atoms with Crippen molar-refractivity contribution >= 4 is 0 Å². The number of hydrogen-bond acceptors (Lipinski definition) is 2. The summed E-state index contributed by atoms with van der Waals surface area (Å²) in [6.07, 6.45) is 5.86. The lowest BCUT2D eigenvalue weighted by molar-refractivity contribution is 0.395. The number of nitrogens with zero attached hydrogens (tertiary/aromatic N) is 2. The maximum atomic E-state index is 4.60. The smallest absolute Gasteiger partial charge is 0.0638 e. The Balaban J connectivity index is 2.54. The van der Waals surface area contributed by atoms with Crippen LogP contribution in [0.4, 0.5) is 0 Å². The summed E-state index contributed by atoms with van der Waals surface area (Å²) >= 11 is 0. The summed E-state index contributed by atoms with van der Waals surface area (Å²) in [5, 5.41) is 8.04. The van der Waals surface area contributed by atoms with Crippen molar-refractivity contribution in [2.24, 2.45) is 5.92 Å². The Morgan fingerprint density at radius 1 is 1.29 bits per heavy atom. The molecule has 0 fully saturated rings. The van der Waals surface area contributed by atoms with Crippen molar-refractivity contribution in [1.29, 1.82) is 0 Å². The zero-order chi connectivity index (χ0) is 12.7. The van der Waals surface area contributed by atoms with Gasteiger partial charge in [-0.2, -0.15) is 5.10 Å². The van der Waals surface area contributed by atoms with E-state index in [0.717, 1.165) is 25.6 Å². The minimum atomic E-state index is 0.755. The lowest BCUT2D eigenvalue weighted by Crippen LogP contribution is -2.14. The molecular weight excluding hydrogens is 210 g/mol. The number of nitrogens with one attached hydrogen (secondary N) is 1. The first-order valence-corrected chi connectivity index (χ1v) is 6.94. The maximum absolute atomic E-state index is 4.60. The Morgan fingerprint density at radius 2 is 2.00 bits per heavy atom. The molecule has 1 rings (SSSR count). The molecule has 0 saturated heterocycles. The van der Waals surface area contributed by atoms with Crippen molar-refractivity contribution in [3.8, 4) is 0 Å². The molecule has 0 amide bonds. The van der Waals surface area contributed by atoms with Crippen molar-refractivity contribution in [3.63, 3.8) is 0 Å². The minimum Gasteiger partial charge on any atom is -0.313 e. The van der Waals surface area contributed by atoms with Gasteiger partial charge in [-0.3, -0.25) is 4.68 Å². The predicted molar refractivity (Wildman–Crippen MR) is 73.0 cm³/mol. The molecule has 1 aromatic heterocycles. The van der Waals surface area contributed by atoms with Crippen LogP contribution in [-0.2, 0) is 13.1 Å². The van der Waals surface area contributed by atoms with E-state index in [9.17, 15) is 0 Å². The van der Waals surface area contributed by atoms with Crippen LogP contribution in [0.5, 0.6) is 0 Å². The molecule has 0 unspecified atom stereocenters. The van der Waals surface area contributed by atoms with Crippen molar-refractivity contribution in [3.05, 3.63) is 17.5 Å². The molecule has 0 bridgehead atoms. The fourth-order valence-corrected chi connectivity index (χ4v) is 2.04. The summed E-state index contributed by atoms with van der Waals surface area (Å²) in [5.74, 6) is 0.755. The summed E-state index contributed by atoms with van der Waals surface area (Å²) in [5.41, 5.74) is 2.50. The van der Waals surface area contributed by atoms with Crippen LogP contribution >= 0.6 is 0 Å². The van der Waals surface area contributed by atoms with E-state index in [1.165, 1.54) is 30.5 Å². The first-order valence-electron chi connectivity index (χ1n) is 6.94. The van der Waals surface area contributed by atoms with Gasteiger partial charge < -0.3 is 5.32 Å². The van der Waals surface area contributed by atoms with Crippen molar-refractivity contribution in [2.45, 2.75) is 60.0 Å². The molecule has 0 radical (unpaired) electrons. The Kier molecular flexibility index (Phi) is 6.27. The van der Waals surface area contributed by atoms with E-state index in [0.29, 0.717) is 0 Å². The lowest BCUT2D eigenvalue weighted by Gasteiger charge is -2.11. The highest BCUT2D eigenvalue weighted by Gasteiger charge is 2.08. The summed E-state index contributed by atoms with van der Waals surface area (Å²) in [6, 6.07) is 0. The van der Waals surface area contributed by atoms with Gasteiger partial charge in [-0.1, -0.05) is 33.6 Å². The summed E-state index contributed by atoms with van der Waals surface area (Å²) in [7, 11) is 0. The highest BCUT2D eigenvalue weighted by molar-refractivity contribution is 5.15. The standard InChI is InChI=1S/C14H27N3/c1-5-8-15-9-14-11-17(16-12(14)4)10-13(6-2)7-3/h11,13,15H,5-10H2,1-4H3. The van der Waals surface area contributed by atoms with Gasteiger partial charge in [-0.15, -0.1) is 0 Å². The monoisotopic (exact) mass is 237 g/mol. The highest BCUT2D eigenvalue weighted by Crippen LogP contribution is 2.12. The van der Waals surface area contributed by atoms with Crippen LogP contribution in [-0.4, -0.2) is 16.3 Å². The first-order chi connectivity index (χ1) is 8.21. The van der Waals surface area contributed by atoms with Crippen LogP contribution in [0.2, 0.25) is 0 Å². The third kappa shape index (κ3) is 4.50. The molecule has 3 heteroatoms. The van der Waals surface area contributed by atoms with Crippen molar-refractivity contribution < 1.29 is 0 Å². The maximum Gasteiger partial charge on any atom is 0.0638 e. The number of aromatic nitrogens is 2. The largest absolute Gasteiger partial charge is 0.313 e. The van der Waals surface area contributed by atoms with Crippen LogP contribution in [0.1, 0.15) is 51.3 Å². The van der Waals surface area contributed by atoms with Gasteiger partial charge in [0.25, 0.3) is 0 Å². The number of hydrogen-bond donors (Lipinski definition) is 1. The van der Waals surface area contributed by atoms with Crippen LogP contribution in [0, 0.1) is 12.8 Å². The third-order valence-electron chi connectivity index (χ3n) is 3.39. The van der Waals surface area contributed by atoms with Crippen molar-refractivity contribution in [2.75, 3.05) is 6.54 Å². The molecule has 0 spiro atoms. The molecule has 98 valence electrons. The molecular formula is C14H27N3. The van der Waals surface area contributed by atoms with Crippen LogP contribution in [0.15, 0.2) is 6.20 Å². The van der Waals surface area contributed by atoms with Gasteiger partial charge in [-0.25, -0.2) is 0 Å². The highest BCUT2D eigenvalue weighted by atomic mass is 15.3. The van der Waals surface area contributed by atoms with E-state index in [2.05, 4.69) is 49.0 Å². The molecule has 1 aromatic rings. The third-order valence-corrected chi connectivity index (χ3v) is 3.39. The van der Waals surface area contributed by atoms with Gasteiger partial charge in [0, 0.05) is 24.8 Å². The van der Waals surface area contributed by atoms with E-state index in [4.69, 9.17) is 0 Å². The molecule has 0 aliphatic carbocycles. The molecule has 17 heavy (non-hydrogen) atoms. The molecule has 0 aromatic carbocycles. The molecule has 1 heterocycles. The second kappa shape index (κ2) is 7.49. The van der Waals surface area contributed by atoms with Gasteiger partial charge in [0.05, 0.1) is 5.69 Å². The Hall–Kier alpha value is -0.830. The van der Waals surface area contributed by atoms with E-state index in [1.54, 1.807) is 0 Å². The topological polar surface area (TPSA) is 29.9 Å². The van der Waals surface area contributed by atoms with Crippen molar-refractivity contribution in [1.82, 2.24) is 15.1 Å². The number of rotatable bonds is 8. The van der Waals surface area contributed by atoms with Gasteiger partial charge >= 0.3 is 0 Å². The molecule has 0 saturated carbocycles. The fourth-order valence-electron chi connectivity index (χ4n) is 2.04. The van der Waals surface area contributed by atoms with Gasteiger partial charge in [-0.05, 0) is 25.8 Å². The number of aryl methyl sites for hydroxylation is 1. The average molecular weight is 237 g/mol. The minimum absolute atomic E-state index is 0.755. The van der Waals surface area contributed by atoms with Gasteiger partial charge in [0.2, 0.25) is 0 Å². The quantitative estimate of drug-likeness (QED) is 0.704. The Bertz CT molecular complexity index is 313. The predicted octanol–water partition coefficient (Wildman–Crippen LogP) is 3.13. The second-order valence-electron chi connectivity index (χ2n) is 4.82. The van der Waals surface area contributed by atoms with Crippen LogP contribution in [0.25, 0.3) is 0 Å². The molecule has 0 aliphatic rings. The summed E-state index contributed by atoms with van der Waals surface area (Å²) in [4.78, 5) is 0. The normalized spacial score (nSPS) is 11.4. The molecule has 3 nitrogen and oxygen atoms in total. The van der Waals surface area contributed by atoms with E-state index in [1.807, 2.05) is 0 Å². The summed E-state index contributed by atoms with van der Waals surface area (Å²) in [6.45, 7) is 11.9. The van der Waals surface area contributed by atoms with E-state index >= 15 is 0 Å². The van der Waals surface area contributed by atoms with E-state index in [-0.39, 0.29) is 0 Å². The summed E-state index contributed by atoms with van der Waals surface area (Å²) < 4.78 is 2.12. The van der Waals surface area contributed by atoms with Gasteiger partial charge in [0.15, 0.2) is 0 Å². The van der Waals surface area contributed by atoms with Crippen LogP contribution < -0.4 is 5.32 Å². The van der Waals surface area contributed by atoms with E-state index < -0.39 is 0 Å². The second-order valence-corrected chi connectivity index (χ2v) is 4.82. The lowest BCUT2D eigenvalue weighted by atomic mass is 10.0. The molecule has 0 aliphatic heterocycles. The zero-order valence-electron chi connectivity index (χ0n) is 11.8. The first kappa shape index (κ1) is 14.2. The van der Waals surface area contributed by atoms with Crippen LogP contribution in [0.3, 0.4) is 0 Å². The SMILES string of the molecule is CCCNCc1cn(CC(CC)CC)nc1C. The fraction of sp³-hybridized carbons (Fsp3) is 0.786. The zero-order valence-corrected chi connectivity index (χ0v) is 11.8. The Morgan fingerprint density at radius 3 is 2.59 bits per heavy atom. The molecule has 0 atom stereocenters. The Labute approximate surface area is 106 Å². The molecule has 1 N–H and O–H groups in total. The average Bonchev–Trinajstić information content (AvgIpc) is 2.67.